The molecule has 37 valence electrons. The predicted molar refractivity (Wildman–Crippen MR) is 17.2 cm³/mol. The third-order valence-electron chi connectivity index (χ3n) is 0.164. The van der Waals surface area contributed by atoms with E-state index in [0.29, 0.717) is 0 Å². The Kier molecular flexibility index (Phi) is 1.74. The minimum absolute atomic E-state index is 2.38. The van der Waals surface area contributed by atoms with Gasteiger partial charge < -0.3 is 4.74 Å². The van der Waals surface area contributed by atoms with Crippen molar-refractivity contribution >= 4 is 11.6 Å². The average Bonchev–Trinajstić information content (AvgIpc) is 1.35. The number of rotatable bonds is 1. The van der Waals surface area contributed by atoms with E-state index in [1.807, 2.05) is 0 Å². The van der Waals surface area contributed by atoms with Crippen LogP contribution in [0.2, 0.25) is 0 Å². The van der Waals surface area contributed by atoms with Gasteiger partial charge in [0.2, 0.25) is 0 Å². The number of hydrogen-bond donors (Lipinski definition) is 0. The first-order valence-electron chi connectivity index (χ1n) is 1.06. The largest absolute Gasteiger partial charge is 0.440 e. The van der Waals surface area contributed by atoms with E-state index >= 15 is 0 Å². The molecule has 0 aromatic rings. The molecule has 0 aromatic heterocycles. The van der Waals surface area contributed by atoms with Crippen LogP contribution in [0.5, 0.6) is 0 Å². The van der Waals surface area contributed by atoms with Gasteiger partial charge in [-0.2, -0.15) is 8.78 Å². The van der Waals surface area contributed by atoms with Gasteiger partial charge in [0.25, 0.3) is 0 Å². The zero-order valence-electron chi connectivity index (χ0n) is 2.75. The molecule has 6 heavy (non-hydrogen) atoms. The van der Waals surface area contributed by atoms with E-state index in [1.54, 1.807) is 0 Å². The van der Waals surface area contributed by atoms with Crippen molar-refractivity contribution in [3.8, 4) is 0 Å². The fourth-order valence-corrected chi connectivity index (χ4v) is 0. The van der Waals surface area contributed by atoms with Gasteiger partial charge >= 0.3 is 5.57 Å². The summed E-state index contributed by atoms with van der Waals surface area (Å²) in [6, 6.07) is 0. The van der Waals surface area contributed by atoms with Crippen LogP contribution >= 0.6 is 11.6 Å². The topological polar surface area (TPSA) is 9.23 Å². The molecule has 0 aliphatic carbocycles. The quantitative estimate of drug-likeness (QED) is 0.472. The molecule has 0 saturated heterocycles. The van der Waals surface area contributed by atoms with E-state index in [2.05, 4.69) is 23.4 Å². The smallest absolute Gasteiger partial charge is 0.305 e. The van der Waals surface area contributed by atoms with Crippen molar-refractivity contribution in [2.75, 3.05) is 0 Å². The van der Waals surface area contributed by atoms with Crippen LogP contribution in [0.4, 0.5) is 8.78 Å². The molecule has 4 heteroatoms. The van der Waals surface area contributed by atoms with Crippen LogP contribution in [-0.4, -0.2) is 5.57 Å². The third kappa shape index (κ3) is 4.11. The van der Waals surface area contributed by atoms with Crippen LogP contribution in [0.3, 0.4) is 0 Å². The van der Waals surface area contributed by atoms with E-state index in [-0.39, 0.29) is 0 Å². The Morgan fingerprint density at radius 2 is 1.83 bits per heavy atom. The van der Waals surface area contributed by atoms with Crippen molar-refractivity contribution < 1.29 is 13.5 Å². The van der Waals surface area contributed by atoms with Crippen LogP contribution in [0, 0.1) is 7.11 Å². The van der Waals surface area contributed by atoms with E-state index < -0.39 is 5.57 Å². The zero-order valence-corrected chi connectivity index (χ0v) is 3.51. The van der Waals surface area contributed by atoms with Gasteiger partial charge in [0.15, 0.2) is 0 Å². The van der Waals surface area contributed by atoms with E-state index in [9.17, 15) is 8.78 Å². The summed E-state index contributed by atoms with van der Waals surface area (Å²) in [6.45, 7) is 0. The number of alkyl halides is 3. The lowest BCUT2D eigenvalue weighted by Gasteiger charge is -1.99. The average molecular weight is 115 g/mol. The molecule has 0 aliphatic heterocycles. The van der Waals surface area contributed by atoms with Crippen molar-refractivity contribution in [3.63, 3.8) is 0 Å². The second-order valence-corrected chi connectivity index (χ2v) is 1.03. The summed E-state index contributed by atoms with van der Waals surface area (Å²) < 4.78 is 25.0. The molecule has 1 nitrogen and oxygen atoms in total. The summed E-state index contributed by atoms with van der Waals surface area (Å²) in [7, 11) is 2.38. The normalized spacial score (nSPS) is 12.0. The highest BCUT2D eigenvalue weighted by molar-refractivity contribution is 6.20. The van der Waals surface area contributed by atoms with Gasteiger partial charge in [-0.3, -0.25) is 0 Å². The summed E-state index contributed by atoms with van der Waals surface area (Å²) in [5.74, 6) is 0. The highest BCUT2D eigenvalue weighted by atomic mass is 35.5. The molecule has 0 rings (SSSR count). The maximum absolute atomic E-state index is 10.9. The van der Waals surface area contributed by atoms with Gasteiger partial charge in [0, 0.05) is 0 Å². The summed E-state index contributed by atoms with van der Waals surface area (Å²) >= 11 is 4.10. The Morgan fingerprint density at radius 3 is 1.83 bits per heavy atom. The number of halogens is 3. The SMILES string of the molecule is [CH2]OC(F)(F)Cl. The third-order valence-corrected chi connectivity index (χ3v) is 0.273. The van der Waals surface area contributed by atoms with Crippen molar-refractivity contribution in [2.45, 2.75) is 5.57 Å². The molecule has 0 amide bonds. The molecule has 1 radical (unpaired) electrons. The van der Waals surface area contributed by atoms with Gasteiger partial charge in [-0.15, -0.1) is 0 Å². The highest BCUT2D eigenvalue weighted by Crippen LogP contribution is 2.18. The fraction of sp³-hybridized carbons (Fsp3) is 0.500. The van der Waals surface area contributed by atoms with Crippen LogP contribution in [-0.2, 0) is 4.74 Å². The molecule has 0 N–H and O–H groups in total. The van der Waals surface area contributed by atoms with Crippen molar-refractivity contribution in [3.05, 3.63) is 7.11 Å². The molecule has 0 unspecified atom stereocenters. The molecular formula is C2H2ClF2O. The van der Waals surface area contributed by atoms with Gasteiger partial charge in [-0.25, -0.2) is 0 Å². The Morgan fingerprint density at radius 1 is 1.67 bits per heavy atom. The second kappa shape index (κ2) is 1.71. The van der Waals surface area contributed by atoms with Crippen LogP contribution < -0.4 is 0 Å². The molecule has 0 aromatic carbocycles. The maximum atomic E-state index is 10.9. The Balaban J connectivity index is 3.17. The molecule has 0 atom stereocenters. The highest BCUT2D eigenvalue weighted by Gasteiger charge is 2.22. The lowest BCUT2D eigenvalue weighted by atomic mass is 11.4. The van der Waals surface area contributed by atoms with E-state index in [4.69, 9.17) is 0 Å². The summed E-state index contributed by atoms with van der Waals surface area (Å²) in [4.78, 5) is 0. The minimum Gasteiger partial charge on any atom is -0.305 e. The summed E-state index contributed by atoms with van der Waals surface area (Å²) in [6.07, 6.45) is 0. The molecule has 0 fully saturated rings. The summed E-state index contributed by atoms with van der Waals surface area (Å²) in [5.41, 5.74) is -3.60. The van der Waals surface area contributed by atoms with Crippen LogP contribution in [0.25, 0.3) is 0 Å². The van der Waals surface area contributed by atoms with Gasteiger partial charge in [-0.1, -0.05) is 0 Å². The fourth-order valence-electron chi connectivity index (χ4n) is 0. The first kappa shape index (κ1) is 6.11. The second-order valence-electron chi connectivity index (χ2n) is 0.590. The van der Waals surface area contributed by atoms with Crippen LogP contribution in [0.1, 0.15) is 0 Å². The standard InChI is InChI=1S/C2H2ClF2O/c1-6-2(3,4)5/h1H2. The Bertz CT molecular complexity index is 41.3. The first-order chi connectivity index (χ1) is 2.56. The van der Waals surface area contributed by atoms with E-state index in [0.717, 1.165) is 0 Å². The lowest BCUT2D eigenvalue weighted by Crippen LogP contribution is -2.04. The Hall–Kier alpha value is 0.110. The van der Waals surface area contributed by atoms with Crippen LogP contribution in [0.15, 0.2) is 0 Å². The molecule has 0 spiro atoms. The lowest BCUT2D eigenvalue weighted by molar-refractivity contribution is -0.131. The summed E-state index contributed by atoms with van der Waals surface area (Å²) in [5, 5.41) is 0. The molecular weight excluding hydrogens is 113 g/mol. The zero-order chi connectivity index (χ0) is 5.21. The van der Waals surface area contributed by atoms with Gasteiger partial charge in [0.05, 0.1) is 7.11 Å². The molecule has 0 bridgehead atoms. The molecule has 0 saturated carbocycles. The molecule has 0 heterocycles. The number of hydrogen-bond acceptors (Lipinski definition) is 1. The van der Waals surface area contributed by atoms with Gasteiger partial charge in [0.1, 0.15) is 0 Å². The number of ether oxygens (including phenoxy) is 1. The Labute approximate surface area is 38.9 Å². The first-order valence-corrected chi connectivity index (χ1v) is 1.44. The van der Waals surface area contributed by atoms with Gasteiger partial charge in [-0.05, 0) is 11.6 Å². The van der Waals surface area contributed by atoms with Crippen molar-refractivity contribution in [1.29, 1.82) is 0 Å². The predicted octanol–water partition coefficient (Wildman–Crippen LogP) is 1.58. The minimum atomic E-state index is -3.60. The monoisotopic (exact) mass is 115 g/mol. The van der Waals surface area contributed by atoms with Crippen molar-refractivity contribution in [1.82, 2.24) is 0 Å². The van der Waals surface area contributed by atoms with E-state index in [1.165, 1.54) is 0 Å². The molecule has 0 aliphatic rings. The van der Waals surface area contributed by atoms with Crippen molar-refractivity contribution in [2.24, 2.45) is 0 Å². The maximum Gasteiger partial charge on any atom is 0.440 e.